The van der Waals surface area contributed by atoms with Crippen LogP contribution in [0.15, 0.2) is 12.4 Å². The van der Waals surface area contributed by atoms with Crippen molar-refractivity contribution in [1.29, 1.82) is 0 Å². The summed E-state index contributed by atoms with van der Waals surface area (Å²) < 4.78 is 0. The van der Waals surface area contributed by atoms with E-state index in [1.54, 1.807) is 4.90 Å². The zero-order valence-corrected chi connectivity index (χ0v) is 12.5. The predicted octanol–water partition coefficient (Wildman–Crippen LogP) is 2.07. The number of rotatable bonds is 7. The van der Waals surface area contributed by atoms with Crippen LogP contribution in [0.5, 0.6) is 0 Å². The van der Waals surface area contributed by atoms with Crippen LogP contribution < -0.4 is 11.1 Å². The Labute approximate surface area is 112 Å². The van der Waals surface area contributed by atoms with E-state index in [4.69, 9.17) is 5.73 Å². The fraction of sp³-hybridized carbons (Fsp3) is 0.786. The maximum absolute atomic E-state index is 12.4. The number of nitrogens with one attached hydrogen (secondary N) is 1. The average Bonchev–Trinajstić information content (AvgIpc) is 2.23. The lowest BCUT2D eigenvalue weighted by Crippen LogP contribution is -2.52. The molecule has 4 nitrogen and oxygen atoms in total. The standard InChI is InChI=1S/C14H29N3O/c1-7-8-9-10-17(6)13(18)12(14(3,4)5)16-11(2)15/h12,16H,2,7-10,15H2,1,3-6H3. The molecule has 1 amide bonds. The number of nitrogens with two attached hydrogens (primary N) is 1. The van der Waals surface area contributed by atoms with E-state index in [1.165, 1.54) is 0 Å². The molecule has 3 N–H and O–H groups in total. The van der Waals surface area contributed by atoms with Crippen LogP contribution in [0, 0.1) is 5.41 Å². The smallest absolute Gasteiger partial charge is 0.245 e. The van der Waals surface area contributed by atoms with Gasteiger partial charge in [0.25, 0.3) is 0 Å². The zero-order chi connectivity index (χ0) is 14.3. The van der Waals surface area contributed by atoms with Gasteiger partial charge < -0.3 is 16.0 Å². The Morgan fingerprint density at radius 2 is 1.94 bits per heavy atom. The zero-order valence-electron chi connectivity index (χ0n) is 12.5. The number of hydrogen-bond donors (Lipinski definition) is 2. The third-order valence-corrected chi connectivity index (χ3v) is 2.92. The Bertz CT molecular complexity index is 281. The number of likely N-dealkylation sites (N-methyl/N-ethyl adjacent to an activating group) is 1. The average molecular weight is 255 g/mol. The summed E-state index contributed by atoms with van der Waals surface area (Å²) in [4.78, 5) is 14.2. The van der Waals surface area contributed by atoms with Crippen LogP contribution in [0.1, 0.15) is 47.0 Å². The van der Waals surface area contributed by atoms with E-state index in [0.29, 0.717) is 5.82 Å². The molecule has 0 aromatic carbocycles. The summed E-state index contributed by atoms with van der Waals surface area (Å²) in [6.45, 7) is 12.6. The van der Waals surface area contributed by atoms with Crippen molar-refractivity contribution in [1.82, 2.24) is 10.2 Å². The van der Waals surface area contributed by atoms with E-state index in [2.05, 4.69) is 18.8 Å². The van der Waals surface area contributed by atoms with Gasteiger partial charge in [0.2, 0.25) is 5.91 Å². The lowest BCUT2D eigenvalue weighted by atomic mass is 9.85. The molecular formula is C14H29N3O. The normalized spacial score (nSPS) is 12.9. The Morgan fingerprint density at radius 1 is 1.39 bits per heavy atom. The van der Waals surface area contributed by atoms with Crippen LogP contribution >= 0.6 is 0 Å². The van der Waals surface area contributed by atoms with Gasteiger partial charge >= 0.3 is 0 Å². The van der Waals surface area contributed by atoms with Gasteiger partial charge in [-0.25, -0.2) is 0 Å². The van der Waals surface area contributed by atoms with Crippen molar-refractivity contribution in [2.45, 2.75) is 53.0 Å². The van der Waals surface area contributed by atoms with Crippen LogP contribution in [0.25, 0.3) is 0 Å². The number of carbonyl (C=O) groups is 1. The Balaban J connectivity index is 4.59. The fourth-order valence-electron chi connectivity index (χ4n) is 1.76. The van der Waals surface area contributed by atoms with Gasteiger partial charge in [0.1, 0.15) is 6.04 Å². The fourth-order valence-corrected chi connectivity index (χ4v) is 1.76. The third-order valence-electron chi connectivity index (χ3n) is 2.92. The molecule has 0 aromatic rings. The van der Waals surface area contributed by atoms with Crippen LogP contribution in [0.2, 0.25) is 0 Å². The first-order valence-electron chi connectivity index (χ1n) is 6.66. The summed E-state index contributed by atoms with van der Waals surface area (Å²) >= 11 is 0. The monoisotopic (exact) mass is 255 g/mol. The first-order chi connectivity index (χ1) is 8.20. The van der Waals surface area contributed by atoms with Gasteiger partial charge in [0.15, 0.2) is 0 Å². The van der Waals surface area contributed by atoms with Crippen molar-refractivity contribution in [2.24, 2.45) is 11.1 Å². The Morgan fingerprint density at radius 3 is 2.33 bits per heavy atom. The predicted molar refractivity (Wildman–Crippen MR) is 76.9 cm³/mol. The highest BCUT2D eigenvalue weighted by atomic mass is 16.2. The minimum atomic E-state index is -0.332. The number of nitrogens with zero attached hydrogens (tertiary/aromatic N) is 1. The van der Waals surface area contributed by atoms with E-state index in [1.807, 2.05) is 27.8 Å². The van der Waals surface area contributed by atoms with Gasteiger partial charge in [-0.1, -0.05) is 47.1 Å². The molecule has 106 valence electrons. The Kier molecular flexibility index (Phi) is 6.81. The maximum atomic E-state index is 12.4. The lowest BCUT2D eigenvalue weighted by Gasteiger charge is -2.34. The summed E-state index contributed by atoms with van der Waals surface area (Å²) in [5.74, 6) is 0.412. The van der Waals surface area contributed by atoms with Gasteiger partial charge in [-0.3, -0.25) is 4.79 Å². The van der Waals surface area contributed by atoms with Crippen molar-refractivity contribution in [2.75, 3.05) is 13.6 Å². The summed E-state index contributed by atoms with van der Waals surface area (Å²) in [6.07, 6.45) is 3.34. The highest BCUT2D eigenvalue weighted by Gasteiger charge is 2.33. The second-order valence-electron chi connectivity index (χ2n) is 5.94. The molecule has 0 rings (SSSR count). The lowest BCUT2D eigenvalue weighted by molar-refractivity contribution is -0.134. The number of unbranched alkanes of at least 4 members (excludes halogenated alkanes) is 2. The summed E-state index contributed by atoms with van der Waals surface area (Å²) in [5, 5.41) is 2.98. The van der Waals surface area contributed by atoms with Crippen LogP contribution in [0.4, 0.5) is 0 Å². The molecule has 0 aliphatic heterocycles. The van der Waals surface area contributed by atoms with Gasteiger partial charge in [0, 0.05) is 13.6 Å². The minimum Gasteiger partial charge on any atom is -0.386 e. The quantitative estimate of drug-likeness (QED) is 0.685. The SMILES string of the molecule is C=C(N)NC(C(=O)N(C)CCCCC)C(C)(C)C. The van der Waals surface area contributed by atoms with Gasteiger partial charge in [-0.2, -0.15) is 0 Å². The molecule has 4 heteroatoms. The van der Waals surface area contributed by atoms with E-state index in [9.17, 15) is 4.79 Å². The molecule has 0 bridgehead atoms. The summed E-state index contributed by atoms with van der Waals surface area (Å²) in [5.41, 5.74) is 5.38. The molecule has 0 saturated carbocycles. The van der Waals surface area contributed by atoms with Crippen LogP contribution in [-0.2, 0) is 4.79 Å². The molecule has 0 aliphatic carbocycles. The Hall–Kier alpha value is -1.19. The van der Waals surface area contributed by atoms with Crippen molar-refractivity contribution in [3.63, 3.8) is 0 Å². The summed E-state index contributed by atoms with van der Waals surface area (Å²) in [7, 11) is 1.84. The van der Waals surface area contributed by atoms with Gasteiger partial charge in [-0.05, 0) is 11.8 Å². The molecule has 0 fully saturated rings. The molecule has 1 atom stereocenters. The second-order valence-corrected chi connectivity index (χ2v) is 5.94. The molecule has 0 saturated heterocycles. The molecular weight excluding hydrogens is 226 g/mol. The third kappa shape index (κ3) is 5.94. The number of carbonyl (C=O) groups excluding carboxylic acids is 1. The minimum absolute atomic E-state index is 0.0743. The highest BCUT2D eigenvalue weighted by Crippen LogP contribution is 2.21. The van der Waals surface area contributed by atoms with E-state index in [-0.39, 0.29) is 17.4 Å². The van der Waals surface area contributed by atoms with Crippen molar-refractivity contribution >= 4 is 5.91 Å². The van der Waals surface area contributed by atoms with E-state index in [0.717, 1.165) is 25.8 Å². The highest BCUT2D eigenvalue weighted by molar-refractivity contribution is 5.82. The van der Waals surface area contributed by atoms with Crippen molar-refractivity contribution in [3.05, 3.63) is 12.4 Å². The molecule has 0 aromatic heterocycles. The molecule has 1 unspecified atom stereocenters. The van der Waals surface area contributed by atoms with Crippen LogP contribution in [0.3, 0.4) is 0 Å². The van der Waals surface area contributed by atoms with Gasteiger partial charge in [0.05, 0.1) is 5.82 Å². The second kappa shape index (κ2) is 7.29. The largest absolute Gasteiger partial charge is 0.386 e. The topological polar surface area (TPSA) is 58.4 Å². The van der Waals surface area contributed by atoms with Crippen molar-refractivity contribution in [3.8, 4) is 0 Å². The van der Waals surface area contributed by atoms with Gasteiger partial charge in [-0.15, -0.1) is 0 Å². The summed E-state index contributed by atoms with van der Waals surface area (Å²) in [6, 6.07) is -0.332. The van der Waals surface area contributed by atoms with E-state index < -0.39 is 0 Å². The molecule has 0 heterocycles. The molecule has 0 aliphatic rings. The molecule has 0 spiro atoms. The molecule has 0 radical (unpaired) electrons. The number of hydrogen-bond acceptors (Lipinski definition) is 3. The van der Waals surface area contributed by atoms with Crippen molar-refractivity contribution < 1.29 is 4.79 Å². The first-order valence-corrected chi connectivity index (χ1v) is 6.66. The number of amides is 1. The van der Waals surface area contributed by atoms with E-state index >= 15 is 0 Å². The maximum Gasteiger partial charge on any atom is 0.245 e. The molecule has 18 heavy (non-hydrogen) atoms. The first kappa shape index (κ1) is 16.8. The van der Waals surface area contributed by atoms with Crippen LogP contribution in [-0.4, -0.2) is 30.4 Å².